The van der Waals surface area contributed by atoms with Gasteiger partial charge in [-0.25, -0.2) is 0 Å². The average molecular weight is 281 g/mol. The van der Waals surface area contributed by atoms with Crippen LogP contribution in [0.2, 0.25) is 0 Å². The van der Waals surface area contributed by atoms with E-state index < -0.39 is 0 Å². The molecule has 4 heteroatoms. The highest BCUT2D eigenvalue weighted by Gasteiger charge is 2.31. The van der Waals surface area contributed by atoms with Gasteiger partial charge < -0.3 is 10.2 Å². The minimum Gasteiger partial charge on any atom is -0.339 e. The van der Waals surface area contributed by atoms with Gasteiger partial charge in [-0.3, -0.25) is 9.69 Å². The molecule has 4 nitrogen and oxygen atoms in total. The number of carbonyl (C=O) groups excluding carboxylic acids is 1. The SMILES string of the molecule is CC(C)C1CCCCC1N(C)CC(=O)N1CCNCC1. The van der Waals surface area contributed by atoms with E-state index in [1.54, 1.807) is 0 Å². The Morgan fingerprint density at radius 1 is 1.25 bits per heavy atom. The van der Waals surface area contributed by atoms with Crippen molar-refractivity contribution in [3.63, 3.8) is 0 Å². The number of likely N-dealkylation sites (N-methyl/N-ethyl adjacent to an activating group) is 1. The molecule has 1 aliphatic heterocycles. The van der Waals surface area contributed by atoms with E-state index >= 15 is 0 Å². The molecule has 1 amide bonds. The first-order chi connectivity index (χ1) is 9.59. The lowest BCUT2D eigenvalue weighted by Gasteiger charge is -2.40. The van der Waals surface area contributed by atoms with Crippen molar-refractivity contribution in [3.05, 3.63) is 0 Å². The first kappa shape index (κ1) is 15.8. The Morgan fingerprint density at radius 3 is 2.55 bits per heavy atom. The third-order valence-electron chi connectivity index (χ3n) is 5.06. The van der Waals surface area contributed by atoms with Gasteiger partial charge in [-0.2, -0.15) is 0 Å². The van der Waals surface area contributed by atoms with Gasteiger partial charge in [0.2, 0.25) is 5.91 Å². The number of amides is 1. The van der Waals surface area contributed by atoms with E-state index in [9.17, 15) is 4.79 Å². The van der Waals surface area contributed by atoms with Crippen molar-refractivity contribution in [2.24, 2.45) is 11.8 Å². The molecule has 1 aliphatic carbocycles. The van der Waals surface area contributed by atoms with Gasteiger partial charge in [0.1, 0.15) is 0 Å². The van der Waals surface area contributed by atoms with E-state index in [2.05, 4.69) is 31.1 Å². The van der Waals surface area contributed by atoms with Crippen LogP contribution >= 0.6 is 0 Å². The lowest BCUT2D eigenvalue weighted by Crippen LogP contribution is -2.51. The average Bonchev–Trinajstić information content (AvgIpc) is 2.48. The molecule has 0 bridgehead atoms. The molecule has 1 N–H and O–H groups in total. The van der Waals surface area contributed by atoms with E-state index in [-0.39, 0.29) is 0 Å². The quantitative estimate of drug-likeness (QED) is 0.849. The predicted octanol–water partition coefficient (Wildman–Crippen LogP) is 1.56. The molecule has 1 heterocycles. The second-order valence-corrected chi connectivity index (χ2v) is 6.81. The van der Waals surface area contributed by atoms with Crippen LogP contribution in [0, 0.1) is 11.8 Å². The molecule has 1 saturated carbocycles. The fourth-order valence-corrected chi connectivity index (χ4v) is 3.81. The Kier molecular flexibility index (Phi) is 5.85. The minimum absolute atomic E-state index is 0.307. The Hall–Kier alpha value is -0.610. The zero-order valence-corrected chi connectivity index (χ0v) is 13.4. The summed E-state index contributed by atoms with van der Waals surface area (Å²) >= 11 is 0. The van der Waals surface area contributed by atoms with Gasteiger partial charge in [0.25, 0.3) is 0 Å². The number of nitrogens with zero attached hydrogens (tertiary/aromatic N) is 2. The molecule has 2 fully saturated rings. The van der Waals surface area contributed by atoms with Crippen LogP contribution in [0.25, 0.3) is 0 Å². The standard InChI is InChI=1S/C16H31N3O/c1-13(2)14-6-4-5-7-15(14)18(3)12-16(20)19-10-8-17-9-11-19/h13-15,17H,4-12H2,1-3H3. The molecule has 0 aromatic rings. The Balaban J connectivity index is 1.88. The maximum absolute atomic E-state index is 12.4. The molecule has 0 aromatic heterocycles. The summed E-state index contributed by atoms with van der Waals surface area (Å²) in [5.41, 5.74) is 0. The van der Waals surface area contributed by atoms with Gasteiger partial charge in [0, 0.05) is 32.2 Å². The van der Waals surface area contributed by atoms with Gasteiger partial charge in [-0.1, -0.05) is 26.7 Å². The fraction of sp³-hybridized carbons (Fsp3) is 0.938. The molecule has 2 aliphatic rings. The second-order valence-electron chi connectivity index (χ2n) is 6.81. The number of hydrogen-bond acceptors (Lipinski definition) is 3. The fourth-order valence-electron chi connectivity index (χ4n) is 3.81. The maximum atomic E-state index is 12.4. The lowest BCUT2D eigenvalue weighted by molar-refractivity contribution is -0.133. The minimum atomic E-state index is 0.307. The molecular formula is C16H31N3O. The van der Waals surface area contributed by atoms with Gasteiger partial charge >= 0.3 is 0 Å². The van der Waals surface area contributed by atoms with Crippen molar-refractivity contribution in [1.29, 1.82) is 0 Å². The first-order valence-electron chi connectivity index (χ1n) is 8.28. The van der Waals surface area contributed by atoms with E-state index in [1.165, 1.54) is 25.7 Å². The third-order valence-corrected chi connectivity index (χ3v) is 5.06. The smallest absolute Gasteiger partial charge is 0.236 e. The second kappa shape index (κ2) is 7.41. The summed E-state index contributed by atoms with van der Waals surface area (Å²) in [6.07, 6.45) is 5.27. The summed E-state index contributed by atoms with van der Waals surface area (Å²) in [5.74, 6) is 1.78. The highest BCUT2D eigenvalue weighted by molar-refractivity contribution is 5.78. The summed E-state index contributed by atoms with van der Waals surface area (Å²) in [5, 5.41) is 3.30. The Bertz CT molecular complexity index is 313. The van der Waals surface area contributed by atoms with E-state index in [4.69, 9.17) is 0 Å². The number of nitrogens with one attached hydrogen (secondary N) is 1. The van der Waals surface area contributed by atoms with Crippen molar-refractivity contribution >= 4 is 5.91 Å². The summed E-state index contributed by atoms with van der Waals surface area (Å²) in [7, 11) is 2.14. The van der Waals surface area contributed by atoms with Gasteiger partial charge in [-0.05, 0) is 31.7 Å². The summed E-state index contributed by atoms with van der Waals surface area (Å²) in [6, 6.07) is 0.593. The molecule has 116 valence electrons. The van der Waals surface area contributed by atoms with Crippen LogP contribution in [-0.2, 0) is 4.79 Å². The number of carbonyl (C=O) groups is 1. The van der Waals surface area contributed by atoms with Crippen molar-refractivity contribution < 1.29 is 4.79 Å². The van der Waals surface area contributed by atoms with Crippen molar-refractivity contribution in [3.8, 4) is 0 Å². The Labute approximate surface area is 123 Å². The van der Waals surface area contributed by atoms with Gasteiger partial charge in [-0.15, -0.1) is 0 Å². The highest BCUT2D eigenvalue weighted by Crippen LogP contribution is 2.32. The molecule has 0 radical (unpaired) electrons. The molecule has 1 saturated heterocycles. The monoisotopic (exact) mass is 281 g/mol. The third kappa shape index (κ3) is 3.95. The molecule has 0 spiro atoms. The molecule has 20 heavy (non-hydrogen) atoms. The van der Waals surface area contributed by atoms with Crippen LogP contribution in [0.5, 0.6) is 0 Å². The molecule has 0 aromatic carbocycles. The lowest BCUT2D eigenvalue weighted by atomic mass is 9.77. The topological polar surface area (TPSA) is 35.6 Å². The zero-order valence-electron chi connectivity index (χ0n) is 13.4. The van der Waals surface area contributed by atoms with Crippen LogP contribution in [0.4, 0.5) is 0 Å². The molecule has 2 unspecified atom stereocenters. The van der Waals surface area contributed by atoms with Crippen LogP contribution < -0.4 is 5.32 Å². The normalized spacial score (nSPS) is 28.1. The number of rotatable bonds is 4. The number of piperazine rings is 1. The highest BCUT2D eigenvalue weighted by atomic mass is 16.2. The largest absolute Gasteiger partial charge is 0.339 e. The van der Waals surface area contributed by atoms with E-state index in [0.29, 0.717) is 18.5 Å². The Morgan fingerprint density at radius 2 is 1.90 bits per heavy atom. The summed E-state index contributed by atoms with van der Waals surface area (Å²) in [6.45, 7) is 8.86. The van der Waals surface area contributed by atoms with Gasteiger partial charge in [0.05, 0.1) is 6.54 Å². The van der Waals surface area contributed by atoms with Crippen molar-refractivity contribution in [2.75, 3.05) is 39.8 Å². The van der Waals surface area contributed by atoms with Crippen LogP contribution in [0.15, 0.2) is 0 Å². The van der Waals surface area contributed by atoms with Crippen LogP contribution in [-0.4, -0.2) is 61.5 Å². The van der Waals surface area contributed by atoms with E-state index in [1.807, 2.05) is 4.90 Å². The summed E-state index contributed by atoms with van der Waals surface area (Å²) < 4.78 is 0. The molecule has 2 atom stereocenters. The maximum Gasteiger partial charge on any atom is 0.236 e. The van der Waals surface area contributed by atoms with Crippen LogP contribution in [0.1, 0.15) is 39.5 Å². The first-order valence-corrected chi connectivity index (χ1v) is 8.28. The molecular weight excluding hydrogens is 250 g/mol. The van der Waals surface area contributed by atoms with E-state index in [0.717, 1.165) is 38.0 Å². The predicted molar refractivity (Wildman–Crippen MR) is 82.7 cm³/mol. The van der Waals surface area contributed by atoms with Crippen molar-refractivity contribution in [2.45, 2.75) is 45.6 Å². The van der Waals surface area contributed by atoms with Gasteiger partial charge in [0.15, 0.2) is 0 Å². The number of hydrogen-bond donors (Lipinski definition) is 1. The molecule has 2 rings (SSSR count). The van der Waals surface area contributed by atoms with Crippen LogP contribution in [0.3, 0.4) is 0 Å². The van der Waals surface area contributed by atoms with Crippen molar-refractivity contribution in [1.82, 2.24) is 15.1 Å². The zero-order chi connectivity index (χ0) is 14.5. The summed E-state index contributed by atoms with van der Waals surface area (Å²) in [4.78, 5) is 16.7.